The molecule has 102 valence electrons. The summed E-state index contributed by atoms with van der Waals surface area (Å²) < 4.78 is 1.91. The van der Waals surface area contributed by atoms with Crippen LogP contribution in [0.4, 0.5) is 0 Å². The van der Waals surface area contributed by atoms with Gasteiger partial charge in [0.25, 0.3) is 0 Å². The fourth-order valence-corrected chi connectivity index (χ4v) is 2.62. The second kappa shape index (κ2) is 6.42. The van der Waals surface area contributed by atoms with Crippen molar-refractivity contribution in [1.29, 1.82) is 0 Å². The lowest BCUT2D eigenvalue weighted by molar-refractivity contribution is 0.625. The third-order valence-corrected chi connectivity index (χ3v) is 3.37. The lowest BCUT2D eigenvalue weighted by Gasteiger charge is -2.17. The summed E-state index contributed by atoms with van der Waals surface area (Å²) in [6, 6.07) is 5.67. The summed E-state index contributed by atoms with van der Waals surface area (Å²) in [7, 11) is 0. The van der Waals surface area contributed by atoms with Crippen LogP contribution < -0.4 is 5.32 Å². The van der Waals surface area contributed by atoms with E-state index in [9.17, 15) is 0 Å². The van der Waals surface area contributed by atoms with Crippen LogP contribution in [0.2, 0.25) is 10.0 Å². The van der Waals surface area contributed by atoms with E-state index in [4.69, 9.17) is 23.2 Å². The number of benzene rings is 1. The summed E-state index contributed by atoms with van der Waals surface area (Å²) in [5, 5.41) is 9.05. The minimum Gasteiger partial charge on any atom is -0.306 e. The van der Waals surface area contributed by atoms with E-state index in [0.717, 1.165) is 24.2 Å². The van der Waals surface area contributed by atoms with Crippen molar-refractivity contribution in [2.45, 2.75) is 26.4 Å². The SMILES string of the molecule is CCNC(c1cc(Cl)cc(Cl)c1)c1cnn(CC)c1. The summed E-state index contributed by atoms with van der Waals surface area (Å²) in [5.74, 6) is 0. The van der Waals surface area contributed by atoms with Crippen molar-refractivity contribution in [2.75, 3.05) is 6.54 Å². The molecule has 1 heterocycles. The molecule has 0 radical (unpaired) electrons. The molecule has 1 atom stereocenters. The minimum absolute atomic E-state index is 0.0569. The third kappa shape index (κ3) is 3.50. The zero-order valence-electron chi connectivity index (χ0n) is 11.0. The molecular formula is C14H17Cl2N3. The quantitative estimate of drug-likeness (QED) is 0.907. The average Bonchev–Trinajstić information content (AvgIpc) is 2.83. The van der Waals surface area contributed by atoms with Crippen LogP contribution in [0.1, 0.15) is 31.0 Å². The van der Waals surface area contributed by atoms with Crippen molar-refractivity contribution in [3.05, 3.63) is 51.8 Å². The van der Waals surface area contributed by atoms with Gasteiger partial charge < -0.3 is 5.32 Å². The van der Waals surface area contributed by atoms with Gasteiger partial charge in [-0.05, 0) is 37.2 Å². The predicted molar refractivity (Wildman–Crippen MR) is 79.9 cm³/mol. The maximum atomic E-state index is 6.08. The number of nitrogens with zero attached hydrogens (tertiary/aromatic N) is 2. The number of rotatable bonds is 5. The van der Waals surface area contributed by atoms with Crippen LogP contribution >= 0.6 is 23.2 Å². The second-order valence-electron chi connectivity index (χ2n) is 4.32. The first-order chi connectivity index (χ1) is 9.13. The highest BCUT2D eigenvalue weighted by molar-refractivity contribution is 6.34. The highest BCUT2D eigenvalue weighted by Gasteiger charge is 2.16. The number of halogens is 2. The Morgan fingerprint density at radius 2 is 1.84 bits per heavy atom. The topological polar surface area (TPSA) is 29.9 Å². The van der Waals surface area contributed by atoms with E-state index in [1.807, 2.05) is 29.2 Å². The summed E-state index contributed by atoms with van der Waals surface area (Å²) >= 11 is 12.2. The number of hydrogen-bond donors (Lipinski definition) is 1. The van der Waals surface area contributed by atoms with Gasteiger partial charge in [0.15, 0.2) is 0 Å². The van der Waals surface area contributed by atoms with Crippen LogP contribution in [-0.4, -0.2) is 16.3 Å². The lowest BCUT2D eigenvalue weighted by atomic mass is 10.0. The Kier molecular flexibility index (Phi) is 4.86. The van der Waals surface area contributed by atoms with Gasteiger partial charge >= 0.3 is 0 Å². The van der Waals surface area contributed by atoms with Crippen LogP contribution in [0.5, 0.6) is 0 Å². The van der Waals surface area contributed by atoms with Crippen molar-refractivity contribution in [3.8, 4) is 0 Å². The van der Waals surface area contributed by atoms with Crippen molar-refractivity contribution in [1.82, 2.24) is 15.1 Å². The maximum absolute atomic E-state index is 6.08. The fourth-order valence-electron chi connectivity index (χ4n) is 2.08. The molecule has 0 aliphatic heterocycles. The van der Waals surface area contributed by atoms with E-state index >= 15 is 0 Å². The number of hydrogen-bond acceptors (Lipinski definition) is 2. The van der Waals surface area contributed by atoms with Crippen LogP contribution in [0.15, 0.2) is 30.6 Å². The molecule has 0 aliphatic carbocycles. The van der Waals surface area contributed by atoms with Gasteiger partial charge in [0.2, 0.25) is 0 Å². The molecule has 3 nitrogen and oxygen atoms in total. The van der Waals surface area contributed by atoms with Crippen LogP contribution in [-0.2, 0) is 6.54 Å². The zero-order valence-corrected chi connectivity index (χ0v) is 12.5. The Balaban J connectivity index is 2.38. The normalized spacial score (nSPS) is 12.6. The first-order valence-electron chi connectivity index (χ1n) is 6.35. The Labute approximate surface area is 123 Å². The van der Waals surface area contributed by atoms with Gasteiger partial charge in [-0.15, -0.1) is 0 Å². The standard InChI is InChI=1S/C14H17Cl2N3/c1-3-17-14(11-8-18-19(4-2)9-11)10-5-12(15)7-13(16)6-10/h5-9,14,17H,3-4H2,1-2H3. The molecule has 0 saturated heterocycles. The molecule has 0 spiro atoms. The largest absolute Gasteiger partial charge is 0.306 e. The van der Waals surface area contributed by atoms with E-state index in [-0.39, 0.29) is 6.04 Å². The Bertz CT molecular complexity index is 531. The van der Waals surface area contributed by atoms with Crippen LogP contribution in [0.25, 0.3) is 0 Å². The molecule has 2 aromatic rings. The predicted octanol–water partition coefficient (Wildman–Crippen LogP) is 3.91. The first-order valence-corrected chi connectivity index (χ1v) is 7.11. The van der Waals surface area contributed by atoms with Crippen LogP contribution in [0.3, 0.4) is 0 Å². The van der Waals surface area contributed by atoms with Gasteiger partial charge in [-0.25, -0.2) is 0 Å². The monoisotopic (exact) mass is 297 g/mol. The Morgan fingerprint density at radius 3 is 2.37 bits per heavy atom. The maximum Gasteiger partial charge on any atom is 0.0608 e. The summed E-state index contributed by atoms with van der Waals surface area (Å²) in [6.45, 7) is 5.85. The summed E-state index contributed by atoms with van der Waals surface area (Å²) in [6.07, 6.45) is 3.92. The van der Waals surface area contributed by atoms with E-state index in [1.54, 1.807) is 6.07 Å². The first kappa shape index (κ1) is 14.4. The molecule has 1 aromatic carbocycles. The Hall–Kier alpha value is -1.03. The van der Waals surface area contributed by atoms with Crippen molar-refractivity contribution in [2.24, 2.45) is 0 Å². The van der Waals surface area contributed by atoms with Gasteiger partial charge in [-0.2, -0.15) is 5.10 Å². The third-order valence-electron chi connectivity index (χ3n) is 2.94. The summed E-state index contributed by atoms with van der Waals surface area (Å²) in [5.41, 5.74) is 2.16. The molecule has 1 unspecified atom stereocenters. The molecule has 0 amide bonds. The smallest absolute Gasteiger partial charge is 0.0608 e. The molecule has 0 bridgehead atoms. The Morgan fingerprint density at radius 1 is 1.16 bits per heavy atom. The second-order valence-corrected chi connectivity index (χ2v) is 5.20. The van der Waals surface area contributed by atoms with Crippen molar-refractivity contribution in [3.63, 3.8) is 0 Å². The van der Waals surface area contributed by atoms with Gasteiger partial charge in [0.05, 0.1) is 12.2 Å². The van der Waals surface area contributed by atoms with Gasteiger partial charge in [0.1, 0.15) is 0 Å². The highest BCUT2D eigenvalue weighted by Crippen LogP contribution is 2.27. The minimum atomic E-state index is 0.0569. The number of aromatic nitrogens is 2. The van der Waals surface area contributed by atoms with E-state index < -0.39 is 0 Å². The van der Waals surface area contributed by atoms with Gasteiger partial charge in [-0.3, -0.25) is 4.68 Å². The molecule has 0 saturated carbocycles. The van der Waals surface area contributed by atoms with Gasteiger partial charge in [-0.1, -0.05) is 30.1 Å². The molecule has 19 heavy (non-hydrogen) atoms. The van der Waals surface area contributed by atoms with E-state index in [1.165, 1.54) is 0 Å². The molecule has 5 heteroatoms. The molecule has 1 aromatic heterocycles. The molecular weight excluding hydrogens is 281 g/mol. The fraction of sp³-hybridized carbons (Fsp3) is 0.357. The molecule has 2 rings (SSSR count). The lowest BCUT2D eigenvalue weighted by Crippen LogP contribution is -2.21. The van der Waals surface area contributed by atoms with Crippen LogP contribution in [0, 0.1) is 0 Å². The van der Waals surface area contributed by atoms with E-state index in [2.05, 4.69) is 24.3 Å². The molecule has 0 aliphatic rings. The van der Waals surface area contributed by atoms with Crippen molar-refractivity contribution < 1.29 is 0 Å². The average molecular weight is 298 g/mol. The molecule has 0 fully saturated rings. The van der Waals surface area contributed by atoms with Gasteiger partial charge in [0, 0.05) is 28.4 Å². The number of aryl methyl sites for hydroxylation is 1. The number of nitrogens with one attached hydrogen (secondary N) is 1. The van der Waals surface area contributed by atoms with Crippen molar-refractivity contribution >= 4 is 23.2 Å². The van der Waals surface area contributed by atoms with E-state index in [0.29, 0.717) is 10.0 Å². The highest BCUT2D eigenvalue weighted by atomic mass is 35.5. The molecule has 1 N–H and O–H groups in total. The zero-order chi connectivity index (χ0) is 13.8. The summed E-state index contributed by atoms with van der Waals surface area (Å²) in [4.78, 5) is 0.